The number of hydrogen-bond donors (Lipinski definition) is 1. The average Bonchev–Trinajstić information content (AvgIpc) is 2.50. The number of aliphatic hydroxyl groups is 1. The molecule has 0 aliphatic heterocycles. The van der Waals surface area contributed by atoms with Crippen LogP contribution in [-0.4, -0.2) is 5.11 Å². The maximum absolute atomic E-state index is 13.8. The van der Waals surface area contributed by atoms with Gasteiger partial charge < -0.3 is 5.11 Å². The summed E-state index contributed by atoms with van der Waals surface area (Å²) in [5.74, 6) is -2.40. The highest BCUT2D eigenvalue weighted by Crippen LogP contribution is 2.30. The summed E-state index contributed by atoms with van der Waals surface area (Å²) in [7, 11) is 0. The summed E-state index contributed by atoms with van der Waals surface area (Å²) in [6.45, 7) is 0. The van der Waals surface area contributed by atoms with Crippen LogP contribution in [0.4, 0.5) is 13.2 Å². The summed E-state index contributed by atoms with van der Waals surface area (Å²) in [4.78, 5) is 0. The van der Waals surface area contributed by atoms with Crippen LogP contribution in [-0.2, 0) is 0 Å². The van der Waals surface area contributed by atoms with Gasteiger partial charge in [-0.05, 0) is 34.7 Å². The highest BCUT2D eigenvalue weighted by atomic mass is 19.2. The van der Waals surface area contributed by atoms with E-state index >= 15 is 0 Å². The summed E-state index contributed by atoms with van der Waals surface area (Å²) in [5.41, 5.74) is 0.656. The third-order valence-corrected chi connectivity index (χ3v) is 3.46. The molecule has 3 aromatic carbocycles. The Labute approximate surface area is 119 Å². The number of hydrogen-bond acceptors (Lipinski definition) is 1. The number of fused-ring (bicyclic) bond motifs is 1. The summed E-state index contributed by atoms with van der Waals surface area (Å²) in [5, 5.41) is 11.3. The van der Waals surface area contributed by atoms with Gasteiger partial charge in [-0.25, -0.2) is 13.2 Å². The lowest BCUT2D eigenvalue weighted by atomic mass is 9.95. The van der Waals surface area contributed by atoms with Gasteiger partial charge >= 0.3 is 0 Å². The highest BCUT2D eigenvalue weighted by molar-refractivity contribution is 5.86. The van der Waals surface area contributed by atoms with Crippen LogP contribution in [0, 0.1) is 17.5 Å². The summed E-state index contributed by atoms with van der Waals surface area (Å²) in [6, 6.07) is 12.6. The molecule has 1 N–H and O–H groups in total. The molecule has 0 aliphatic carbocycles. The van der Waals surface area contributed by atoms with Crippen molar-refractivity contribution in [2.75, 3.05) is 0 Å². The van der Waals surface area contributed by atoms with E-state index in [0.29, 0.717) is 16.3 Å². The maximum atomic E-state index is 13.8. The van der Waals surface area contributed by atoms with Crippen LogP contribution < -0.4 is 0 Å². The molecule has 0 radical (unpaired) electrons. The van der Waals surface area contributed by atoms with Crippen LogP contribution in [0.3, 0.4) is 0 Å². The van der Waals surface area contributed by atoms with E-state index in [-0.39, 0.29) is 5.56 Å². The van der Waals surface area contributed by atoms with Crippen LogP contribution >= 0.6 is 0 Å². The standard InChI is InChI=1S/C17H11F3O/c18-14-8-6-13(11-3-1-2-4-12(11)14)17(21)10-5-7-15(19)16(20)9-10/h1-9,17,21H. The Kier molecular flexibility index (Phi) is 3.39. The van der Waals surface area contributed by atoms with Gasteiger partial charge in [-0.3, -0.25) is 0 Å². The zero-order valence-corrected chi connectivity index (χ0v) is 10.9. The van der Waals surface area contributed by atoms with Gasteiger partial charge in [-0.15, -0.1) is 0 Å². The Balaban J connectivity index is 2.15. The van der Waals surface area contributed by atoms with Crippen LogP contribution in [0.15, 0.2) is 54.6 Å². The van der Waals surface area contributed by atoms with E-state index < -0.39 is 23.6 Å². The zero-order chi connectivity index (χ0) is 15.0. The SMILES string of the molecule is OC(c1ccc(F)c(F)c1)c1ccc(F)c2ccccc12. The molecule has 0 spiro atoms. The molecule has 0 aromatic heterocycles. The topological polar surface area (TPSA) is 20.2 Å². The van der Waals surface area contributed by atoms with Gasteiger partial charge in [0.2, 0.25) is 0 Å². The van der Waals surface area contributed by atoms with Gasteiger partial charge in [-0.1, -0.05) is 36.4 Å². The second-order valence-corrected chi connectivity index (χ2v) is 4.76. The predicted octanol–water partition coefficient (Wildman–Crippen LogP) is 4.34. The molecule has 0 aliphatic rings. The Morgan fingerprint density at radius 3 is 2.10 bits per heavy atom. The Hall–Kier alpha value is -2.33. The second kappa shape index (κ2) is 5.22. The van der Waals surface area contributed by atoms with Crippen molar-refractivity contribution in [2.24, 2.45) is 0 Å². The smallest absolute Gasteiger partial charge is 0.159 e. The highest BCUT2D eigenvalue weighted by Gasteiger charge is 2.16. The fraction of sp³-hybridized carbons (Fsp3) is 0.0588. The van der Waals surface area contributed by atoms with Crippen LogP contribution in [0.1, 0.15) is 17.2 Å². The molecular formula is C17H11F3O. The number of rotatable bonds is 2. The quantitative estimate of drug-likeness (QED) is 0.743. The van der Waals surface area contributed by atoms with Crippen LogP contribution in [0.5, 0.6) is 0 Å². The van der Waals surface area contributed by atoms with Crippen molar-refractivity contribution in [3.05, 3.63) is 83.2 Å². The first-order valence-electron chi connectivity index (χ1n) is 6.38. The third kappa shape index (κ3) is 2.38. The molecule has 21 heavy (non-hydrogen) atoms. The van der Waals surface area contributed by atoms with Gasteiger partial charge in [0.15, 0.2) is 11.6 Å². The molecule has 0 amide bonds. The molecule has 1 unspecified atom stereocenters. The monoisotopic (exact) mass is 288 g/mol. The second-order valence-electron chi connectivity index (χ2n) is 4.76. The van der Waals surface area contributed by atoms with E-state index in [2.05, 4.69) is 0 Å². The minimum atomic E-state index is -1.16. The number of halogens is 3. The summed E-state index contributed by atoms with van der Waals surface area (Å²) < 4.78 is 40.0. The first kappa shape index (κ1) is 13.6. The lowest BCUT2D eigenvalue weighted by molar-refractivity contribution is 0.221. The van der Waals surface area contributed by atoms with Crippen molar-refractivity contribution in [2.45, 2.75) is 6.10 Å². The Bertz CT molecular complexity index is 814. The van der Waals surface area contributed by atoms with Crippen molar-refractivity contribution in [3.63, 3.8) is 0 Å². The Morgan fingerprint density at radius 2 is 1.38 bits per heavy atom. The maximum Gasteiger partial charge on any atom is 0.159 e. The van der Waals surface area contributed by atoms with Crippen molar-refractivity contribution < 1.29 is 18.3 Å². The first-order valence-corrected chi connectivity index (χ1v) is 6.38. The van der Waals surface area contributed by atoms with Crippen LogP contribution in [0.2, 0.25) is 0 Å². The molecule has 0 heterocycles. The summed E-state index contributed by atoms with van der Waals surface area (Å²) >= 11 is 0. The zero-order valence-electron chi connectivity index (χ0n) is 10.9. The van der Waals surface area contributed by atoms with Crippen molar-refractivity contribution in [1.29, 1.82) is 0 Å². The van der Waals surface area contributed by atoms with Gasteiger partial charge in [0.05, 0.1) is 0 Å². The molecule has 4 heteroatoms. The molecule has 0 saturated heterocycles. The Morgan fingerprint density at radius 1 is 0.714 bits per heavy atom. The molecule has 3 aromatic rings. The molecule has 3 rings (SSSR count). The van der Waals surface area contributed by atoms with E-state index in [1.165, 1.54) is 18.2 Å². The van der Waals surface area contributed by atoms with Gasteiger partial charge in [0.1, 0.15) is 11.9 Å². The molecule has 0 fully saturated rings. The minimum absolute atomic E-state index is 0.214. The molecule has 1 atom stereocenters. The van der Waals surface area contributed by atoms with Crippen molar-refractivity contribution in [1.82, 2.24) is 0 Å². The lowest BCUT2D eigenvalue weighted by Gasteiger charge is -2.15. The van der Waals surface area contributed by atoms with Gasteiger partial charge in [-0.2, -0.15) is 0 Å². The van der Waals surface area contributed by atoms with E-state index in [1.54, 1.807) is 24.3 Å². The number of aliphatic hydroxyl groups excluding tert-OH is 1. The minimum Gasteiger partial charge on any atom is -0.384 e. The van der Waals surface area contributed by atoms with Crippen LogP contribution in [0.25, 0.3) is 10.8 Å². The van der Waals surface area contributed by atoms with E-state index in [0.717, 1.165) is 12.1 Å². The van der Waals surface area contributed by atoms with Gasteiger partial charge in [0.25, 0.3) is 0 Å². The largest absolute Gasteiger partial charge is 0.384 e. The molecule has 1 nitrogen and oxygen atoms in total. The van der Waals surface area contributed by atoms with E-state index in [4.69, 9.17) is 0 Å². The first-order chi connectivity index (χ1) is 10.1. The lowest BCUT2D eigenvalue weighted by Crippen LogP contribution is -2.02. The third-order valence-electron chi connectivity index (χ3n) is 3.46. The fourth-order valence-electron chi connectivity index (χ4n) is 2.39. The molecule has 0 bridgehead atoms. The van der Waals surface area contributed by atoms with Crippen molar-refractivity contribution in [3.8, 4) is 0 Å². The van der Waals surface area contributed by atoms with E-state index in [9.17, 15) is 18.3 Å². The van der Waals surface area contributed by atoms with Gasteiger partial charge in [0, 0.05) is 5.39 Å². The van der Waals surface area contributed by atoms with Crippen molar-refractivity contribution >= 4 is 10.8 Å². The molecule has 0 saturated carbocycles. The fourth-order valence-corrected chi connectivity index (χ4v) is 2.39. The normalized spacial score (nSPS) is 12.6. The predicted molar refractivity (Wildman–Crippen MR) is 74.3 cm³/mol. The number of benzene rings is 3. The summed E-state index contributed by atoms with van der Waals surface area (Å²) in [6.07, 6.45) is -1.16. The molecular weight excluding hydrogens is 277 g/mol. The molecule has 106 valence electrons. The average molecular weight is 288 g/mol. The van der Waals surface area contributed by atoms with E-state index in [1.807, 2.05) is 0 Å².